The molecule has 6 heteroatoms. The summed E-state index contributed by atoms with van der Waals surface area (Å²) in [6.45, 7) is 2.23. The molecule has 0 aliphatic rings. The number of esters is 1. The lowest BCUT2D eigenvalue weighted by molar-refractivity contribution is -0.151. The Bertz CT molecular complexity index is 420. The Balaban J connectivity index is 2.54. The highest BCUT2D eigenvalue weighted by Crippen LogP contribution is 2.25. The molecule has 0 unspecified atom stereocenters. The van der Waals surface area contributed by atoms with Crippen LogP contribution in [0.3, 0.4) is 0 Å². The minimum atomic E-state index is -4.81. The number of halogens is 4. The number of alkyl halides is 3. The molecule has 0 aromatic heterocycles. The van der Waals surface area contributed by atoms with Crippen LogP contribution < -0.4 is 0 Å². The third-order valence-corrected chi connectivity index (χ3v) is 1.87. The fourth-order valence-corrected chi connectivity index (χ4v) is 0.932. The summed E-state index contributed by atoms with van der Waals surface area (Å²) in [5.74, 6) is -2.03. The van der Waals surface area contributed by atoms with Crippen molar-refractivity contribution in [1.29, 1.82) is 0 Å². The third kappa shape index (κ3) is 3.90. The summed E-state index contributed by atoms with van der Waals surface area (Å²) in [6.07, 6.45) is -4.81. The molecule has 0 amide bonds. The first kappa shape index (κ1) is 13.2. The van der Waals surface area contributed by atoms with Gasteiger partial charge in [0.2, 0.25) is 0 Å². The number of benzene rings is 1. The van der Waals surface area contributed by atoms with Gasteiger partial charge in [0, 0.05) is 0 Å². The number of hydrogen-bond acceptors (Lipinski definition) is 2. The second kappa shape index (κ2) is 4.99. The van der Waals surface area contributed by atoms with E-state index in [0.29, 0.717) is 5.56 Å². The molecule has 0 saturated heterocycles. The van der Waals surface area contributed by atoms with Gasteiger partial charge in [0.1, 0.15) is 18.0 Å². The van der Waals surface area contributed by atoms with Gasteiger partial charge in [-0.05, 0) is 17.7 Å². The molecule has 17 heavy (non-hydrogen) atoms. The number of carbonyl (C=O) groups is 1. The maximum absolute atomic E-state index is 12.5. The van der Waals surface area contributed by atoms with Crippen LogP contribution in [0.25, 0.3) is 0 Å². The lowest BCUT2D eigenvalue weighted by atomic mass is 10.2. The standard InChI is InChI=1S/C11H8F4O2/c1-7(11(13,14)15)10(16)17-6-8-2-4-9(12)5-3-8/h2-5H,1,6H2. The first-order chi connectivity index (χ1) is 7.80. The molecule has 0 N–H and O–H groups in total. The van der Waals surface area contributed by atoms with E-state index in [1.54, 1.807) is 0 Å². The molecule has 1 rings (SSSR count). The monoisotopic (exact) mass is 248 g/mol. The van der Waals surface area contributed by atoms with Gasteiger partial charge in [-0.2, -0.15) is 13.2 Å². The average Bonchev–Trinajstić information content (AvgIpc) is 2.25. The van der Waals surface area contributed by atoms with Crippen LogP contribution in [-0.4, -0.2) is 12.1 Å². The van der Waals surface area contributed by atoms with E-state index in [9.17, 15) is 22.4 Å². The van der Waals surface area contributed by atoms with Crippen LogP contribution in [0, 0.1) is 5.82 Å². The van der Waals surface area contributed by atoms with E-state index in [4.69, 9.17) is 0 Å². The predicted molar refractivity (Wildman–Crippen MR) is 51.4 cm³/mol. The van der Waals surface area contributed by atoms with E-state index in [1.165, 1.54) is 12.1 Å². The number of ether oxygens (including phenoxy) is 1. The molecule has 0 heterocycles. The Hall–Kier alpha value is -1.85. The molecule has 1 aromatic carbocycles. The van der Waals surface area contributed by atoms with Gasteiger partial charge in [-0.25, -0.2) is 9.18 Å². The molecular formula is C11H8F4O2. The Kier molecular flexibility index (Phi) is 3.88. The van der Waals surface area contributed by atoms with Crippen molar-refractivity contribution in [2.24, 2.45) is 0 Å². The Morgan fingerprint density at radius 3 is 2.24 bits per heavy atom. The van der Waals surface area contributed by atoms with Crippen molar-refractivity contribution in [3.63, 3.8) is 0 Å². The maximum Gasteiger partial charge on any atom is 0.422 e. The lowest BCUT2D eigenvalue weighted by Crippen LogP contribution is -2.20. The van der Waals surface area contributed by atoms with Crippen LogP contribution in [0.2, 0.25) is 0 Å². The molecule has 0 atom stereocenters. The van der Waals surface area contributed by atoms with Crippen molar-refractivity contribution >= 4 is 5.97 Å². The normalized spacial score (nSPS) is 11.1. The summed E-state index contributed by atoms with van der Waals surface area (Å²) in [5, 5.41) is 0. The van der Waals surface area contributed by atoms with Gasteiger partial charge in [0.25, 0.3) is 0 Å². The highest BCUT2D eigenvalue weighted by Gasteiger charge is 2.37. The molecule has 0 radical (unpaired) electrons. The van der Waals surface area contributed by atoms with Crippen molar-refractivity contribution in [1.82, 2.24) is 0 Å². The number of rotatable bonds is 3. The summed E-state index contributed by atoms with van der Waals surface area (Å²) in [4.78, 5) is 10.9. The second-order valence-corrected chi connectivity index (χ2v) is 3.18. The van der Waals surface area contributed by atoms with E-state index in [0.717, 1.165) is 12.1 Å². The fourth-order valence-electron chi connectivity index (χ4n) is 0.932. The second-order valence-electron chi connectivity index (χ2n) is 3.18. The zero-order valence-corrected chi connectivity index (χ0v) is 8.55. The van der Waals surface area contributed by atoms with Crippen molar-refractivity contribution in [2.75, 3.05) is 0 Å². The smallest absolute Gasteiger partial charge is 0.422 e. The molecule has 0 spiro atoms. The summed E-state index contributed by atoms with van der Waals surface area (Å²) in [6, 6.07) is 4.83. The van der Waals surface area contributed by atoms with Gasteiger partial charge < -0.3 is 4.74 Å². The molecule has 0 aliphatic heterocycles. The van der Waals surface area contributed by atoms with Gasteiger partial charge >= 0.3 is 12.1 Å². The van der Waals surface area contributed by atoms with Crippen molar-refractivity contribution in [3.8, 4) is 0 Å². The Morgan fingerprint density at radius 2 is 1.76 bits per heavy atom. The van der Waals surface area contributed by atoms with Crippen LogP contribution in [0.5, 0.6) is 0 Å². The summed E-state index contributed by atoms with van der Waals surface area (Å²) in [5.41, 5.74) is -1.19. The van der Waals surface area contributed by atoms with Crippen molar-refractivity contribution < 1.29 is 27.1 Å². The van der Waals surface area contributed by atoms with E-state index in [1.807, 2.05) is 0 Å². The average molecular weight is 248 g/mol. The van der Waals surface area contributed by atoms with Gasteiger partial charge in [-0.1, -0.05) is 18.7 Å². The molecule has 0 bridgehead atoms. The van der Waals surface area contributed by atoms with Gasteiger partial charge in [-0.3, -0.25) is 0 Å². The van der Waals surface area contributed by atoms with E-state index < -0.39 is 23.5 Å². The molecule has 0 aliphatic carbocycles. The highest BCUT2D eigenvalue weighted by molar-refractivity contribution is 5.89. The van der Waals surface area contributed by atoms with Gasteiger partial charge in [0.15, 0.2) is 0 Å². The Morgan fingerprint density at radius 1 is 1.24 bits per heavy atom. The summed E-state index contributed by atoms with van der Waals surface area (Å²) in [7, 11) is 0. The number of hydrogen-bond donors (Lipinski definition) is 0. The van der Waals surface area contributed by atoms with Crippen molar-refractivity contribution in [3.05, 3.63) is 47.8 Å². The SMILES string of the molecule is C=C(C(=O)OCc1ccc(F)cc1)C(F)(F)F. The van der Waals surface area contributed by atoms with Crippen LogP contribution >= 0.6 is 0 Å². The van der Waals surface area contributed by atoms with Crippen LogP contribution in [0.1, 0.15) is 5.56 Å². The largest absolute Gasteiger partial charge is 0.457 e. The first-order valence-corrected chi connectivity index (χ1v) is 4.48. The quantitative estimate of drug-likeness (QED) is 0.467. The van der Waals surface area contributed by atoms with Crippen LogP contribution in [0.15, 0.2) is 36.4 Å². The molecule has 0 fully saturated rings. The highest BCUT2D eigenvalue weighted by atomic mass is 19.4. The zero-order valence-electron chi connectivity index (χ0n) is 8.55. The zero-order chi connectivity index (χ0) is 13.1. The van der Waals surface area contributed by atoms with Gasteiger partial charge in [0.05, 0.1) is 0 Å². The maximum atomic E-state index is 12.5. The minimum Gasteiger partial charge on any atom is -0.457 e. The van der Waals surface area contributed by atoms with Crippen molar-refractivity contribution in [2.45, 2.75) is 12.8 Å². The molecular weight excluding hydrogens is 240 g/mol. The Labute approximate surface area is 94.5 Å². The van der Waals surface area contributed by atoms with Crippen LogP contribution in [0.4, 0.5) is 17.6 Å². The molecule has 0 saturated carbocycles. The first-order valence-electron chi connectivity index (χ1n) is 4.48. The topological polar surface area (TPSA) is 26.3 Å². The minimum absolute atomic E-state index is 0.367. The fraction of sp³-hybridized carbons (Fsp3) is 0.182. The van der Waals surface area contributed by atoms with E-state index in [2.05, 4.69) is 11.3 Å². The summed E-state index contributed by atoms with van der Waals surface area (Å²) < 4.78 is 53.0. The van der Waals surface area contributed by atoms with Crippen LogP contribution in [-0.2, 0) is 16.1 Å². The molecule has 2 nitrogen and oxygen atoms in total. The lowest BCUT2D eigenvalue weighted by Gasteiger charge is -2.09. The number of carbonyl (C=O) groups excluding carboxylic acids is 1. The predicted octanol–water partition coefficient (Wildman–Crippen LogP) is 2.99. The molecule has 92 valence electrons. The van der Waals surface area contributed by atoms with Gasteiger partial charge in [-0.15, -0.1) is 0 Å². The third-order valence-electron chi connectivity index (χ3n) is 1.87. The summed E-state index contributed by atoms with van der Waals surface area (Å²) >= 11 is 0. The molecule has 1 aromatic rings. The van der Waals surface area contributed by atoms with E-state index >= 15 is 0 Å². The van der Waals surface area contributed by atoms with E-state index in [-0.39, 0.29) is 6.61 Å².